The van der Waals surface area contributed by atoms with Crippen LogP contribution < -0.4 is 5.14 Å². The molecule has 160 valence electrons. The zero-order valence-corrected chi connectivity index (χ0v) is 16.8. The Hall–Kier alpha value is -3.16. The minimum Gasteiger partial charge on any atom is -0.252 e. The van der Waals surface area contributed by atoms with Crippen LogP contribution in [0.5, 0.6) is 0 Å². The van der Waals surface area contributed by atoms with Gasteiger partial charge in [0.15, 0.2) is 10.8 Å². The van der Waals surface area contributed by atoms with Crippen molar-refractivity contribution < 1.29 is 26.0 Å². The van der Waals surface area contributed by atoms with Crippen LogP contribution in [0.25, 0.3) is 27.4 Å². The highest BCUT2D eigenvalue weighted by Crippen LogP contribution is 2.38. The van der Waals surface area contributed by atoms with Crippen LogP contribution in [0.1, 0.15) is 5.69 Å². The van der Waals surface area contributed by atoms with Crippen LogP contribution in [0.15, 0.2) is 59.3 Å². The molecule has 0 spiro atoms. The number of alkyl halides is 3. The maximum absolute atomic E-state index is 15.0. The van der Waals surface area contributed by atoms with E-state index in [0.29, 0.717) is 4.68 Å². The lowest BCUT2D eigenvalue weighted by Crippen LogP contribution is -2.18. The molecule has 0 amide bonds. The molecule has 3 aromatic heterocycles. The van der Waals surface area contributed by atoms with Crippen molar-refractivity contribution in [3.63, 3.8) is 0 Å². The van der Waals surface area contributed by atoms with E-state index >= 15 is 0 Å². The standard InChI is InChI=1S/C18H11F4N5O2S2/c19-14-15(11-5-3-10(4-6-11)13-8-24-9-30-13)27(26-16(14)18(20,21)22)12-2-1-7-25-17(12)31(23,28)29/h1-9H,(H2,23,28,29). The molecule has 2 N–H and O–H groups in total. The molecule has 3 heterocycles. The SMILES string of the molecule is NS(=O)(=O)c1ncccc1-n1nc(C(F)(F)F)c(F)c1-c1ccc(-c2cncs2)cc1. The molecule has 0 unspecified atom stereocenters. The van der Waals surface area contributed by atoms with Gasteiger partial charge < -0.3 is 0 Å². The fraction of sp³-hybridized carbons (Fsp3) is 0.0556. The van der Waals surface area contributed by atoms with Crippen molar-refractivity contribution >= 4 is 21.4 Å². The third-order valence-electron chi connectivity index (χ3n) is 4.22. The molecule has 0 aliphatic rings. The maximum atomic E-state index is 15.0. The summed E-state index contributed by atoms with van der Waals surface area (Å²) in [5, 5.41) is 7.72. The molecule has 0 aliphatic carbocycles. The molecule has 0 saturated heterocycles. The molecule has 1 aromatic carbocycles. The van der Waals surface area contributed by atoms with Crippen molar-refractivity contribution in [3.8, 4) is 27.4 Å². The summed E-state index contributed by atoms with van der Waals surface area (Å²) in [5.41, 5.74) is -0.413. The minimum absolute atomic E-state index is 0.0398. The molecule has 7 nitrogen and oxygen atoms in total. The molecule has 0 saturated carbocycles. The van der Waals surface area contributed by atoms with Gasteiger partial charge in [-0.25, -0.2) is 27.6 Å². The van der Waals surface area contributed by atoms with Crippen LogP contribution in [0.4, 0.5) is 17.6 Å². The number of hydrogen-bond acceptors (Lipinski definition) is 6. The van der Waals surface area contributed by atoms with Gasteiger partial charge in [0, 0.05) is 18.0 Å². The summed E-state index contributed by atoms with van der Waals surface area (Å²) in [7, 11) is -4.44. The highest BCUT2D eigenvalue weighted by Gasteiger charge is 2.41. The first kappa shape index (κ1) is 21.1. The van der Waals surface area contributed by atoms with E-state index in [-0.39, 0.29) is 5.56 Å². The Morgan fingerprint density at radius 3 is 2.32 bits per heavy atom. The van der Waals surface area contributed by atoms with Gasteiger partial charge in [0.1, 0.15) is 11.4 Å². The van der Waals surface area contributed by atoms with Gasteiger partial charge >= 0.3 is 6.18 Å². The van der Waals surface area contributed by atoms with Gasteiger partial charge in [0.2, 0.25) is 5.69 Å². The van der Waals surface area contributed by atoms with E-state index in [1.807, 2.05) is 0 Å². The van der Waals surface area contributed by atoms with Gasteiger partial charge in [-0.2, -0.15) is 18.3 Å². The predicted molar refractivity (Wildman–Crippen MR) is 104 cm³/mol. The first-order valence-electron chi connectivity index (χ1n) is 8.40. The summed E-state index contributed by atoms with van der Waals surface area (Å²) in [6.07, 6.45) is -2.41. The van der Waals surface area contributed by atoms with E-state index in [1.165, 1.54) is 29.5 Å². The second-order valence-corrected chi connectivity index (χ2v) is 8.60. The minimum atomic E-state index is -5.11. The Balaban J connectivity index is 1.96. The molecular formula is C18H11F4N5O2S2. The number of rotatable bonds is 4. The van der Waals surface area contributed by atoms with Crippen LogP contribution in [0.2, 0.25) is 0 Å². The summed E-state index contributed by atoms with van der Waals surface area (Å²) < 4.78 is 79.4. The molecule has 0 aliphatic heterocycles. The Morgan fingerprint density at radius 1 is 1.06 bits per heavy atom. The molecule has 13 heteroatoms. The topological polar surface area (TPSA) is 104 Å². The number of nitrogens with two attached hydrogens (primary N) is 1. The van der Waals surface area contributed by atoms with Crippen molar-refractivity contribution in [2.45, 2.75) is 11.2 Å². The Morgan fingerprint density at radius 2 is 1.74 bits per heavy atom. The van der Waals surface area contributed by atoms with Gasteiger partial charge in [-0.15, -0.1) is 11.3 Å². The molecular weight excluding hydrogens is 458 g/mol. The third-order valence-corrected chi connectivity index (χ3v) is 5.90. The highest BCUT2D eigenvalue weighted by molar-refractivity contribution is 7.89. The molecule has 0 radical (unpaired) electrons. The summed E-state index contributed by atoms with van der Waals surface area (Å²) in [5.74, 6) is -1.65. The van der Waals surface area contributed by atoms with E-state index < -0.39 is 44.1 Å². The maximum Gasteiger partial charge on any atom is 0.438 e. The van der Waals surface area contributed by atoms with E-state index in [9.17, 15) is 26.0 Å². The smallest absolute Gasteiger partial charge is 0.252 e. The van der Waals surface area contributed by atoms with E-state index in [0.717, 1.165) is 22.7 Å². The van der Waals surface area contributed by atoms with Crippen molar-refractivity contribution in [3.05, 3.63) is 65.8 Å². The fourth-order valence-electron chi connectivity index (χ4n) is 2.92. The number of halogens is 4. The van der Waals surface area contributed by atoms with Gasteiger partial charge in [-0.1, -0.05) is 24.3 Å². The lowest BCUT2D eigenvalue weighted by atomic mass is 10.1. The van der Waals surface area contributed by atoms with E-state index in [1.54, 1.807) is 23.8 Å². The zero-order chi connectivity index (χ0) is 22.4. The number of thiazole rings is 1. The third kappa shape index (κ3) is 3.94. The second-order valence-electron chi connectivity index (χ2n) is 6.24. The number of hydrogen-bond donors (Lipinski definition) is 1. The Labute approximate surface area is 176 Å². The lowest BCUT2D eigenvalue weighted by Gasteiger charge is -2.11. The number of nitrogens with zero attached hydrogens (tertiary/aromatic N) is 4. The van der Waals surface area contributed by atoms with Crippen molar-refractivity contribution in [1.29, 1.82) is 0 Å². The van der Waals surface area contributed by atoms with Crippen LogP contribution >= 0.6 is 11.3 Å². The van der Waals surface area contributed by atoms with E-state index in [4.69, 9.17) is 5.14 Å². The molecule has 4 aromatic rings. The number of pyridine rings is 1. The fourth-order valence-corrected chi connectivity index (χ4v) is 4.20. The Kier molecular flexibility index (Phi) is 5.11. The first-order chi connectivity index (χ1) is 14.6. The van der Waals surface area contributed by atoms with Gasteiger partial charge in [0.25, 0.3) is 10.0 Å². The summed E-state index contributed by atoms with van der Waals surface area (Å²) in [6.45, 7) is 0. The number of aromatic nitrogens is 4. The molecule has 0 atom stereocenters. The summed E-state index contributed by atoms with van der Waals surface area (Å²) in [4.78, 5) is 8.39. The second kappa shape index (κ2) is 7.51. The van der Waals surface area contributed by atoms with Crippen LogP contribution in [-0.4, -0.2) is 28.2 Å². The van der Waals surface area contributed by atoms with Crippen molar-refractivity contribution in [1.82, 2.24) is 19.7 Å². The first-order valence-corrected chi connectivity index (χ1v) is 10.8. The average molecular weight is 469 g/mol. The zero-order valence-electron chi connectivity index (χ0n) is 15.2. The predicted octanol–water partition coefficient (Wildman–Crippen LogP) is 3.86. The van der Waals surface area contributed by atoms with Crippen molar-refractivity contribution in [2.24, 2.45) is 5.14 Å². The number of benzene rings is 1. The Bertz CT molecular complexity index is 1350. The molecule has 0 fully saturated rings. The monoisotopic (exact) mass is 469 g/mol. The number of primary sulfonamides is 1. The van der Waals surface area contributed by atoms with Crippen molar-refractivity contribution in [2.75, 3.05) is 0 Å². The van der Waals surface area contributed by atoms with Crippen LogP contribution in [-0.2, 0) is 16.2 Å². The summed E-state index contributed by atoms with van der Waals surface area (Å²) >= 11 is 1.35. The van der Waals surface area contributed by atoms with Crippen LogP contribution in [0, 0.1) is 5.82 Å². The average Bonchev–Trinajstić information content (AvgIpc) is 3.35. The molecule has 0 bridgehead atoms. The quantitative estimate of drug-likeness (QED) is 0.457. The van der Waals surface area contributed by atoms with E-state index in [2.05, 4.69) is 15.1 Å². The van der Waals surface area contributed by atoms with Gasteiger partial charge in [-0.3, -0.25) is 4.98 Å². The molecule has 31 heavy (non-hydrogen) atoms. The largest absolute Gasteiger partial charge is 0.438 e. The van der Waals surface area contributed by atoms with Gasteiger partial charge in [-0.05, 0) is 17.7 Å². The normalized spacial score (nSPS) is 12.3. The lowest BCUT2D eigenvalue weighted by molar-refractivity contribution is -0.143. The van der Waals surface area contributed by atoms with Crippen LogP contribution in [0.3, 0.4) is 0 Å². The number of sulfonamides is 1. The van der Waals surface area contributed by atoms with Gasteiger partial charge in [0.05, 0.1) is 10.4 Å². The summed E-state index contributed by atoms with van der Waals surface area (Å²) in [6, 6.07) is 8.37. The molecule has 4 rings (SSSR count). The highest BCUT2D eigenvalue weighted by atomic mass is 32.2.